The summed E-state index contributed by atoms with van der Waals surface area (Å²) in [6, 6.07) is 3.55. The molecule has 4 rings (SSSR count). The second kappa shape index (κ2) is 9.89. The summed E-state index contributed by atoms with van der Waals surface area (Å²) in [7, 11) is 0. The molecule has 34 heavy (non-hydrogen) atoms. The van der Waals surface area contributed by atoms with Gasteiger partial charge < -0.3 is 30.2 Å². The Morgan fingerprint density at radius 1 is 1.18 bits per heavy atom. The highest BCUT2D eigenvalue weighted by Gasteiger charge is 2.51. The Balaban J connectivity index is 1.26. The number of rotatable bonds is 5. The smallest absolute Gasteiger partial charge is 0.322 e. The molecule has 0 radical (unpaired) electrons. The highest BCUT2D eigenvalue weighted by atomic mass is 35.5. The van der Waals surface area contributed by atoms with E-state index in [2.05, 4.69) is 5.32 Å². The molecule has 3 fully saturated rings. The zero-order valence-corrected chi connectivity index (χ0v) is 20.6. The number of nitrogens with zero attached hydrogens (tertiary/aromatic N) is 3. The summed E-state index contributed by atoms with van der Waals surface area (Å²) in [6.07, 6.45) is 1.17. The second-order valence-electron chi connectivity index (χ2n) is 9.54. The Labute approximate surface area is 208 Å². The van der Waals surface area contributed by atoms with E-state index < -0.39 is 24.3 Å². The number of aliphatic hydroxyl groups excluding tert-OH is 2. The number of benzene rings is 1. The summed E-state index contributed by atoms with van der Waals surface area (Å²) in [4.78, 5) is 42.7. The number of halogens is 2. The molecular weight excluding hydrogens is 483 g/mol. The summed E-state index contributed by atoms with van der Waals surface area (Å²) in [5.74, 6) is -0.520. The Morgan fingerprint density at radius 3 is 2.56 bits per heavy atom. The average Bonchev–Trinajstić information content (AvgIpc) is 3.56. The van der Waals surface area contributed by atoms with Crippen LogP contribution in [0.1, 0.15) is 32.6 Å². The fraction of sp³-hybridized carbons (Fsp3) is 0.609. The normalized spacial score (nSPS) is 24.9. The van der Waals surface area contributed by atoms with E-state index >= 15 is 0 Å². The fourth-order valence-corrected chi connectivity index (χ4v) is 5.09. The maximum atomic E-state index is 12.9. The number of anilines is 1. The minimum Gasteiger partial charge on any atom is -0.391 e. The summed E-state index contributed by atoms with van der Waals surface area (Å²) in [5, 5.41) is 24.2. The molecule has 2 aliphatic heterocycles. The number of urea groups is 1. The number of carbonyl (C=O) groups excluding carboxylic acids is 3. The van der Waals surface area contributed by atoms with Gasteiger partial charge >= 0.3 is 6.03 Å². The number of likely N-dealkylation sites (tertiary alicyclic amines) is 1. The molecule has 3 aliphatic rings. The largest absolute Gasteiger partial charge is 0.391 e. The summed E-state index contributed by atoms with van der Waals surface area (Å²) in [5.41, 5.74) is 0.467. The number of hydrogen-bond donors (Lipinski definition) is 3. The van der Waals surface area contributed by atoms with Gasteiger partial charge in [0.05, 0.1) is 28.7 Å². The Bertz CT molecular complexity index is 973. The van der Waals surface area contributed by atoms with Crippen molar-refractivity contribution in [3.63, 3.8) is 0 Å². The van der Waals surface area contributed by atoms with Crippen LogP contribution in [0.2, 0.25) is 10.0 Å². The van der Waals surface area contributed by atoms with Crippen molar-refractivity contribution in [1.29, 1.82) is 0 Å². The Hall–Kier alpha value is -2.07. The summed E-state index contributed by atoms with van der Waals surface area (Å²) in [6.45, 7) is 3.05. The van der Waals surface area contributed by atoms with Gasteiger partial charge in [-0.1, -0.05) is 23.2 Å². The van der Waals surface area contributed by atoms with Crippen molar-refractivity contribution in [3.05, 3.63) is 28.2 Å². The maximum absolute atomic E-state index is 12.9. The van der Waals surface area contributed by atoms with Crippen LogP contribution in [-0.4, -0.2) is 93.7 Å². The number of carbonyl (C=O) groups is 3. The van der Waals surface area contributed by atoms with Crippen molar-refractivity contribution < 1.29 is 24.6 Å². The van der Waals surface area contributed by atoms with Gasteiger partial charge in [0.2, 0.25) is 11.8 Å². The average molecular weight is 513 g/mol. The van der Waals surface area contributed by atoms with E-state index in [-0.39, 0.29) is 43.3 Å². The molecule has 1 aromatic carbocycles. The molecule has 0 aromatic heterocycles. The number of β-amino-alcohol motifs (C(OH)–C–C–N with tert-alkyl or cyclic N) is 2. The molecule has 2 saturated heterocycles. The molecule has 3 N–H and O–H groups in total. The molecule has 1 aromatic rings. The van der Waals surface area contributed by atoms with Gasteiger partial charge in [0.1, 0.15) is 6.04 Å². The van der Waals surface area contributed by atoms with Gasteiger partial charge in [0, 0.05) is 38.4 Å². The molecule has 4 amide bonds. The van der Waals surface area contributed by atoms with E-state index in [4.69, 9.17) is 23.2 Å². The number of aliphatic hydroxyl groups is 2. The molecule has 0 bridgehead atoms. The third-order valence-electron chi connectivity index (χ3n) is 7.25. The van der Waals surface area contributed by atoms with Crippen molar-refractivity contribution in [2.75, 3.05) is 38.0 Å². The topological polar surface area (TPSA) is 113 Å². The zero-order chi connectivity index (χ0) is 24.6. The quantitative estimate of drug-likeness (QED) is 0.559. The maximum Gasteiger partial charge on any atom is 0.322 e. The Morgan fingerprint density at radius 2 is 1.91 bits per heavy atom. The molecule has 1 aliphatic carbocycles. The standard InChI is InChI=1S/C23H30Cl2N4O5/c1-14-21(33)28(8-9-29(14)22(34)26-15-2-3-17(24)18(25)10-15)12-16(30)11-20(32)27-7-6-23(4-5-23)19(31)13-27/h2-3,10,14,16,19,30-31H,4-9,11-13H2,1H3,(H,26,34)/t14-,16+,19+/m0/s1. The highest BCUT2D eigenvalue weighted by Crippen LogP contribution is 2.53. The molecule has 9 nitrogen and oxygen atoms in total. The van der Waals surface area contributed by atoms with Crippen molar-refractivity contribution in [1.82, 2.24) is 14.7 Å². The van der Waals surface area contributed by atoms with Crippen molar-refractivity contribution >= 4 is 46.7 Å². The minimum absolute atomic E-state index is 0.00371. The molecular formula is C23H30Cl2N4O5. The third-order valence-corrected chi connectivity index (χ3v) is 7.98. The molecule has 0 unspecified atom stereocenters. The van der Waals surface area contributed by atoms with Crippen LogP contribution < -0.4 is 5.32 Å². The molecule has 2 heterocycles. The number of piperidine rings is 1. The molecule has 186 valence electrons. The Kier molecular flexibility index (Phi) is 7.28. The van der Waals surface area contributed by atoms with Crippen LogP contribution in [0.25, 0.3) is 0 Å². The van der Waals surface area contributed by atoms with Crippen LogP contribution in [0.15, 0.2) is 18.2 Å². The van der Waals surface area contributed by atoms with Crippen LogP contribution in [0.4, 0.5) is 10.5 Å². The summed E-state index contributed by atoms with van der Waals surface area (Å²) >= 11 is 11.9. The third kappa shape index (κ3) is 5.27. The molecule has 11 heteroatoms. The van der Waals surface area contributed by atoms with E-state index in [1.54, 1.807) is 24.0 Å². The van der Waals surface area contributed by atoms with Crippen molar-refractivity contribution in [2.45, 2.75) is 50.9 Å². The lowest BCUT2D eigenvalue weighted by atomic mass is 9.90. The van der Waals surface area contributed by atoms with Gasteiger partial charge in [-0.15, -0.1) is 0 Å². The summed E-state index contributed by atoms with van der Waals surface area (Å²) < 4.78 is 0. The van der Waals surface area contributed by atoms with Gasteiger partial charge in [-0.2, -0.15) is 0 Å². The molecule has 3 atom stereocenters. The minimum atomic E-state index is -1.02. The number of amides is 4. The first kappa shape index (κ1) is 25.0. The van der Waals surface area contributed by atoms with Crippen molar-refractivity contribution in [2.24, 2.45) is 5.41 Å². The van der Waals surface area contributed by atoms with Crippen LogP contribution in [0.3, 0.4) is 0 Å². The predicted molar refractivity (Wildman–Crippen MR) is 128 cm³/mol. The van der Waals surface area contributed by atoms with Crippen LogP contribution >= 0.6 is 23.2 Å². The first-order valence-corrected chi connectivity index (χ1v) is 12.3. The van der Waals surface area contributed by atoms with Gasteiger partial charge in [0.15, 0.2) is 0 Å². The number of nitrogens with one attached hydrogen (secondary N) is 1. The van der Waals surface area contributed by atoms with E-state index in [1.807, 2.05) is 0 Å². The van der Waals surface area contributed by atoms with Crippen LogP contribution in [0, 0.1) is 5.41 Å². The van der Waals surface area contributed by atoms with Gasteiger partial charge in [-0.05, 0) is 49.8 Å². The predicted octanol–water partition coefficient (Wildman–Crippen LogP) is 2.18. The van der Waals surface area contributed by atoms with E-state index in [9.17, 15) is 24.6 Å². The fourth-order valence-electron chi connectivity index (χ4n) is 4.80. The van der Waals surface area contributed by atoms with E-state index in [1.165, 1.54) is 15.9 Å². The van der Waals surface area contributed by atoms with Gasteiger partial charge in [-0.3, -0.25) is 9.59 Å². The van der Waals surface area contributed by atoms with E-state index in [0.717, 1.165) is 19.3 Å². The lowest BCUT2D eigenvalue weighted by Gasteiger charge is -2.40. The molecule has 1 spiro atoms. The highest BCUT2D eigenvalue weighted by molar-refractivity contribution is 6.42. The van der Waals surface area contributed by atoms with E-state index in [0.29, 0.717) is 28.8 Å². The zero-order valence-electron chi connectivity index (χ0n) is 19.0. The lowest BCUT2D eigenvalue weighted by Crippen LogP contribution is -2.59. The number of piperazine rings is 1. The number of hydrogen-bond acceptors (Lipinski definition) is 5. The van der Waals surface area contributed by atoms with Crippen LogP contribution in [0.5, 0.6) is 0 Å². The lowest BCUT2D eigenvalue weighted by molar-refractivity contribution is -0.144. The SMILES string of the molecule is C[C@H]1C(=O)N(C[C@H](O)CC(=O)N2CCC3(CC3)[C@H](O)C2)CCN1C(=O)Nc1ccc(Cl)c(Cl)c1. The monoisotopic (exact) mass is 512 g/mol. The first-order chi connectivity index (χ1) is 16.1. The second-order valence-corrected chi connectivity index (χ2v) is 10.4. The van der Waals surface area contributed by atoms with Crippen molar-refractivity contribution in [3.8, 4) is 0 Å². The van der Waals surface area contributed by atoms with Crippen LogP contribution in [-0.2, 0) is 9.59 Å². The molecule has 1 saturated carbocycles. The van der Waals surface area contributed by atoms with Gasteiger partial charge in [0.25, 0.3) is 0 Å². The van der Waals surface area contributed by atoms with Gasteiger partial charge in [-0.25, -0.2) is 4.79 Å². The first-order valence-electron chi connectivity index (χ1n) is 11.5.